The van der Waals surface area contributed by atoms with Gasteiger partial charge in [0.1, 0.15) is 16.5 Å². The quantitative estimate of drug-likeness (QED) is 0.666. The van der Waals surface area contributed by atoms with Crippen molar-refractivity contribution < 1.29 is 19.5 Å². The van der Waals surface area contributed by atoms with E-state index in [2.05, 4.69) is 31.5 Å². The summed E-state index contributed by atoms with van der Waals surface area (Å²) in [6.07, 6.45) is -0.0627. The Morgan fingerprint density at radius 2 is 2.17 bits per heavy atom. The van der Waals surface area contributed by atoms with Gasteiger partial charge in [0.2, 0.25) is 11.8 Å². The summed E-state index contributed by atoms with van der Waals surface area (Å²) in [7, 11) is 0. The summed E-state index contributed by atoms with van der Waals surface area (Å²) in [6, 6.07) is 4.08. The van der Waals surface area contributed by atoms with E-state index in [1.165, 1.54) is 11.8 Å². The molecule has 2 aliphatic rings. The van der Waals surface area contributed by atoms with Crippen molar-refractivity contribution in [3.8, 4) is 0 Å². The second-order valence-electron chi connectivity index (χ2n) is 6.24. The molecular weight excluding hydrogens is 380 g/mol. The fraction of sp³-hybridized carbons (Fsp3) is 0.467. The molecule has 0 radical (unpaired) electrons. The second-order valence-corrected chi connectivity index (χ2v) is 7.05. The minimum atomic E-state index is -1.12. The first-order valence-electron chi connectivity index (χ1n) is 7.51. The average Bonchev–Trinajstić information content (AvgIpc) is 3.09. The first-order chi connectivity index (χ1) is 11.3. The van der Waals surface area contributed by atoms with E-state index in [1.807, 2.05) is 0 Å². The molecule has 1 saturated carbocycles. The van der Waals surface area contributed by atoms with Gasteiger partial charge in [0.15, 0.2) is 0 Å². The van der Waals surface area contributed by atoms with Gasteiger partial charge in [-0.1, -0.05) is 6.07 Å². The number of carbonyl (C=O) groups is 3. The van der Waals surface area contributed by atoms with Crippen LogP contribution < -0.4 is 10.6 Å². The molecule has 1 aromatic rings. The van der Waals surface area contributed by atoms with Gasteiger partial charge in [0, 0.05) is 24.9 Å². The van der Waals surface area contributed by atoms with Crippen molar-refractivity contribution in [2.75, 3.05) is 11.9 Å². The van der Waals surface area contributed by atoms with Gasteiger partial charge in [0.05, 0.1) is 0 Å². The fourth-order valence-electron chi connectivity index (χ4n) is 3.38. The van der Waals surface area contributed by atoms with E-state index in [9.17, 15) is 19.5 Å². The third-order valence-corrected chi connectivity index (χ3v) is 5.04. The molecule has 2 heterocycles. The molecule has 0 spiro atoms. The first kappa shape index (κ1) is 16.7. The van der Waals surface area contributed by atoms with Crippen molar-refractivity contribution in [1.29, 1.82) is 0 Å². The highest BCUT2D eigenvalue weighted by Gasteiger charge is 2.67. The third kappa shape index (κ3) is 3.08. The summed E-state index contributed by atoms with van der Waals surface area (Å²) in [5.41, 5.74) is -0.337. The summed E-state index contributed by atoms with van der Waals surface area (Å²) < 4.78 is 0.576. The first-order valence-corrected chi connectivity index (χ1v) is 8.31. The zero-order chi connectivity index (χ0) is 17.5. The van der Waals surface area contributed by atoms with Gasteiger partial charge < -0.3 is 15.7 Å². The Labute approximate surface area is 146 Å². The van der Waals surface area contributed by atoms with Crippen LogP contribution in [-0.4, -0.2) is 51.5 Å². The number of fused-ring (bicyclic) bond motifs is 1. The topological polar surface area (TPSA) is 112 Å². The molecular formula is C15H17BrN4O4. The van der Waals surface area contributed by atoms with E-state index in [1.54, 1.807) is 18.2 Å². The zero-order valence-corrected chi connectivity index (χ0v) is 14.5. The number of amides is 3. The molecule has 2 fully saturated rings. The van der Waals surface area contributed by atoms with Crippen LogP contribution in [0.3, 0.4) is 0 Å². The van der Waals surface area contributed by atoms with E-state index in [0.29, 0.717) is 29.8 Å². The maximum Gasteiger partial charge on any atom is 0.408 e. The van der Waals surface area contributed by atoms with Crippen LogP contribution in [0.25, 0.3) is 0 Å². The minimum absolute atomic E-state index is 0.164. The van der Waals surface area contributed by atoms with E-state index >= 15 is 0 Å². The van der Waals surface area contributed by atoms with Crippen molar-refractivity contribution in [2.24, 2.45) is 5.41 Å². The molecule has 1 saturated heterocycles. The van der Waals surface area contributed by atoms with Crippen molar-refractivity contribution >= 4 is 39.7 Å². The fourth-order valence-corrected chi connectivity index (χ4v) is 3.72. The highest BCUT2D eigenvalue weighted by Crippen LogP contribution is 2.59. The molecule has 3 amide bonds. The lowest BCUT2D eigenvalue weighted by Crippen LogP contribution is -2.44. The summed E-state index contributed by atoms with van der Waals surface area (Å²) in [4.78, 5) is 40.6. The number of likely N-dealkylation sites (tertiary alicyclic amines) is 1. The van der Waals surface area contributed by atoms with Gasteiger partial charge >= 0.3 is 6.09 Å². The number of pyridine rings is 1. The molecule has 24 heavy (non-hydrogen) atoms. The third-order valence-electron chi connectivity index (χ3n) is 4.60. The number of rotatable bonds is 4. The number of carbonyl (C=O) groups excluding carboxylic acids is 2. The number of nitrogens with one attached hydrogen (secondary N) is 2. The number of halogens is 1. The van der Waals surface area contributed by atoms with Crippen molar-refractivity contribution in [2.45, 2.75) is 31.8 Å². The number of aromatic nitrogens is 1. The van der Waals surface area contributed by atoms with Gasteiger partial charge in [-0.2, -0.15) is 0 Å². The Morgan fingerprint density at radius 1 is 1.42 bits per heavy atom. The smallest absolute Gasteiger partial charge is 0.408 e. The summed E-state index contributed by atoms with van der Waals surface area (Å²) in [6.45, 7) is 1.80. The van der Waals surface area contributed by atoms with Crippen molar-refractivity contribution in [3.05, 3.63) is 22.8 Å². The van der Waals surface area contributed by atoms with Crippen LogP contribution in [0, 0.1) is 5.41 Å². The van der Waals surface area contributed by atoms with Gasteiger partial charge in [-0.05, 0) is 40.9 Å². The van der Waals surface area contributed by atoms with Gasteiger partial charge in [0.25, 0.3) is 0 Å². The van der Waals surface area contributed by atoms with E-state index in [4.69, 9.17) is 0 Å². The van der Waals surface area contributed by atoms with Gasteiger partial charge in [-0.15, -0.1) is 0 Å². The number of carboxylic acid groups (broad SMARTS) is 1. The number of anilines is 1. The van der Waals surface area contributed by atoms with Crippen LogP contribution in [0.5, 0.6) is 0 Å². The van der Waals surface area contributed by atoms with Crippen LogP contribution in [0.1, 0.15) is 19.8 Å². The minimum Gasteiger partial charge on any atom is -0.465 e. The Hall–Kier alpha value is -2.16. The SMILES string of the molecule is CC(=O)NCC12CC(C(=O)Nc3cccc(Br)n3)N(C(=O)O)C1C2. The lowest BCUT2D eigenvalue weighted by atomic mass is 9.99. The molecule has 3 atom stereocenters. The molecule has 3 unspecified atom stereocenters. The number of hydrogen-bond donors (Lipinski definition) is 3. The highest BCUT2D eigenvalue weighted by molar-refractivity contribution is 9.10. The summed E-state index contributed by atoms with van der Waals surface area (Å²) in [5, 5.41) is 14.9. The molecule has 9 heteroatoms. The van der Waals surface area contributed by atoms with Crippen LogP contribution in [0.4, 0.5) is 10.6 Å². The zero-order valence-electron chi connectivity index (χ0n) is 13.0. The van der Waals surface area contributed by atoms with Gasteiger partial charge in [-0.3, -0.25) is 14.5 Å². The molecule has 0 bridgehead atoms. The van der Waals surface area contributed by atoms with Crippen LogP contribution in [-0.2, 0) is 9.59 Å². The van der Waals surface area contributed by atoms with Crippen LogP contribution in [0.2, 0.25) is 0 Å². The van der Waals surface area contributed by atoms with Crippen LogP contribution in [0.15, 0.2) is 22.8 Å². The molecule has 128 valence electrons. The van der Waals surface area contributed by atoms with Crippen molar-refractivity contribution in [1.82, 2.24) is 15.2 Å². The van der Waals surface area contributed by atoms with Crippen molar-refractivity contribution in [3.63, 3.8) is 0 Å². The van der Waals surface area contributed by atoms with Gasteiger partial charge in [-0.25, -0.2) is 9.78 Å². The van der Waals surface area contributed by atoms with E-state index in [-0.39, 0.29) is 17.4 Å². The Kier molecular flexibility index (Phi) is 4.20. The molecule has 1 aromatic heterocycles. The maximum atomic E-state index is 12.5. The highest BCUT2D eigenvalue weighted by atomic mass is 79.9. The molecule has 1 aliphatic carbocycles. The molecule has 3 N–H and O–H groups in total. The molecule has 1 aliphatic heterocycles. The Bertz CT molecular complexity index is 712. The molecule has 8 nitrogen and oxygen atoms in total. The second kappa shape index (κ2) is 6.04. The lowest BCUT2D eigenvalue weighted by Gasteiger charge is -2.23. The van der Waals surface area contributed by atoms with Crippen LogP contribution >= 0.6 is 15.9 Å². The monoisotopic (exact) mass is 396 g/mol. The Morgan fingerprint density at radius 3 is 2.79 bits per heavy atom. The lowest BCUT2D eigenvalue weighted by molar-refractivity contribution is -0.120. The summed E-state index contributed by atoms with van der Waals surface area (Å²) in [5.74, 6) is -0.211. The predicted molar refractivity (Wildman–Crippen MR) is 88.4 cm³/mol. The Balaban J connectivity index is 1.73. The number of hydrogen-bond acceptors (Lipinski definition) is 4. The van der Waals surface area contributed by atoms with E-state index in [0.717, 1.165) is 0 Å². The molecule has 3 rings (SSSR count). The maximum absolute atomic E-state index is 12.5. The summed E-state index contributed by atoms with van der Waals surface area (Å²) >= 11 is 3.22. The van der Waals surface area contributed by atoms with E-state index < -0.39 is 18.0 Å². The normalized spacial score (nSPS) is 27.3. The largest absolute Gasteiger partial charge is 0.465 e. The number of nitrogens with zero attached hydrogens (tertiary/aromatic N) is 2. The standard InChI is InChI=1S/C15H17BrN4O4/c1-8(21)17-7-15-5-9(20(14(23)24)10(15)6-15)13(22)19-12-4-2-3-11(16)18-12/h2-4,9-10H,5-7H2,1H3,(H,17,21)(H,23,24)(H,18,19,22). The predicted octanol–water partition coefficient (Wildman–Crippen LogP) is 1.43. The molecule has 0 aromatic carbocycles. The average molecular weight is 397 g/mol. The number of piperidine rings is 1.